The van der Waals surface area contributed by atoms with E-state index in [0.29, 0.717) is 76.5 Å². The predicted molar refractivity (Wildman–Crippen MR) is 282 cm³/mol. The first-order valence-corrected chi connectivity index (χ1v) is 28.4. The van der Waals surface area contributed by atoms with Crippen molar-refractivity contribution in [1.82, 2.24) is 26.2 Å². The number of nitrogens with one attached hydrogen (secondary N) is 4. The molecule has 4 fully saturated rings. The molecule has 18 heteroatoms. The Balaban J connectivity index is 1.45. The second-order valence-corrected chi connectivity index (χ2v) is 23.3. The molecule has 3 amide bonds. The molecule has 73 heavy (non-hydrogen) atoms. The van der Waals surface area contributed by atoms with Gasteiger partial charge in [0.25, 0.3) is 0 Å². The van der Waals surface area contributed by atoms with Crippen molar-refractivity contribution in [2.24, 2.45) is 76.2 Å². The van der Waals surface area contributed by atoms with Crippen molar-refractivity contribution in [1.29, 1.82) is 0 Å². The van der Waals surface area contributed by atoms with E-state index >= 15 is 0 Å². The number of carboxylic acids is 1. The normalized spacial score (nSPS) is 23.3. The number of aliphatic carboxylic acids is 1. The lowest BCUT2D eigenvalue weighted by Gasteiger charge is -2.33. The van der Waals surface area contributed by atoms with Crippen molar-refractivity contribution in [2.75, 3.05) is 26.2 Å². The van der Waals surface area contributed by atoms with Gasteiger partial charge < -0.3 is 48.9 Å². The van der Waals surface area contributed by atoms with Gasteiger partial charge in [0.15, 0.2) is 17.3 Å². The number of carbonyl (C=O) groups excluding carboxylic acids is 7. The zero-order chi connectivity index (χ0) is 53.8. The van der Waals surface area contributed by atoms with Crippen LogP contribution >= 0.6 is 0 Å². The summed E-state index contributed by atoms with van der Waals surface area (Å²) >= 11 is 0. The Kier molecular flexibility index (Phi) is 26.6. The predicted octanol–water partition coefficient (Wildman–Crippen LogP) is 4.22. The Labute approximate surface area is 436 Å². The summed E-state index contributed by atoms with van der Waals surface area (Å²) < 4.78 is 0. The highest BCUT2D eigenvalue weighted by Gasteiger charge is 2.44. The Hall–Kier alpha value is -3.68. The number of nitrogens with two attached hydrogens (primary N) is 4. The summed E-state index contributed by atoms with van der Waals surface area (Å²) in [5.41, 5.74) is 23.1. The van der Waals surface area contributed by atoms with E-state index in [-0.39, 0.29) is 79.0 Å². The van der Waals surface area contributed by atoms with Gasteiger partial charge >= 0.3 is 5.97 Å². The van der Waals surface area contributed by atoms with Crippen LogP contribution in [0.15, 0.2) is 0 Å². The van der Waals surface area contributed by atoms with Crippen LogP contribution in [0.4, 0.5) is 0 Å². The lowest BCUT2D eigenvalue weighted by Crippen LogP contribution is -2.49. The number of hydrogen-bond acceptors (Lipinski definition) is 14. The van der Waals surface area contributed by atoms with Crippen LogP contribution in [-0.2, 0) is 38.4 Å². The summed E-state index contributed by atoms with van der Waals surface area (Å²) in [5, 5.41) is 22.4. The van der Waals surface area contributed by atoms with Crippen molar-refractivity contribution in [3.8, 4) is 0 Å². The molecule has 4 rings (SSSR count). The van der Waals surface area contributed by atoms with Crippen molar-refractivity contribution >= 4 is 46.8 Å². The molecule has 2 saturated carbocycles. The van der Waals surface area contributed by atoms with E-state index in [1.165, 1.54) is 6.42 Å². The first kappa shape index (κ1) is 61.9. The Morgan fingerprint density at radius 3 is 2.01 bits per heavy atom. The Morgan fingerprint density at radius 2 is 1.36 bits per heavy atom. The SMILES string of the molecule is CC(C)CC(NC(=O)C(C)CC(=O)C1CCCN1C(=O)C(CC(=O)C(N)CCCCN)CC1CNC2CCCCC12)C(=O)CC(CC1CCCCC1)C(=O)NC(C(=O)CC(CCCNC(N)N)C(=O)O)C(C)C. The first-order valence-electron chi connectivity index (χ1n) is 28.4. The maximum Gasteiger partial charge on any atom is 0.306 e. The van der Waals surface area contributed by atoms with Gasteiger partial charge in [0.05, 0.1) is 30.1 Å². The molecule has 2 aliphatic heterocycles. The largest absolute Gasteiger partial charge is 0.481 e. The fraction of sp³-hybridized carbons (Fsp3) is 0.855. The van der Waals surface area contributed by atoms with E-state index in [4.69, 9.17) is 22.9 Å². The highest BCUT2D eigenvalue weighted by Crippen LogP contribution is 2.39. The van der Waals surface area contributed by atoms with Gasteiger partial charge in [-0.25, -0.2) is 0 Å². The summed E-state index contributed by atoms with van der Waals surface area (Å²) in [5.74, 6) is -5.99. The number of carboxylic acid groups (broad SMARTS) is 1. The van der Waals surface area contributed by atoms with Crippen LogP contribution < -0.4 is 44.2 Å². The molecule has 4 aliphatic rings. The first-order chi connectivity index (χ1) is 34.7. The summed E-state index contributed by atoms with van der Waals surface area (Å²) in [6.07, 6.45) is 13.2. The number of Topliss-reactive ketones (excluding diaryl/α,β-unsaturated/α-hetero) is 4. The zero-order valence-corrected chi connectivity index (χ0v) is 45.2. The van der Waals surface area contributed by atoms with Gasteiger partial charge in [-0.2, -0.15) is 0 Å². The molecule has 0 aromatic rings. The minimum absolute atomic E-state index is 0.00727. The van der Waals surface area contributed by atoms with E-state index in [9.17, 15) is 43.5 Å². The molecule has 0 aromatic carbocycles. The van der Waals surface area contributed by atoms with E-state index < -0.39 is 77.7 Å². The number of unbranched alkanes of at least 4 members (excludes halogenated alkanes) is 1. The second kappa shape index (κ2) is 31.4. The van der Waals surface area contributed by atoms with Gasteiger partial charge in [-0.15, -0.1) is 0 Å². The molecule has 0 radical (unpaired) electrons. The quantitative estimate of drug-likeness (QED) is 0.0322. The highest BCUT2D eigenvalue weighted by atomic mass is 16.4. The molecular weight excluding hydrogens is 931 g/mol. The van der Waals surface area contributed by atoms with Crippen LogP contribution in [0, 0.1) is 53.3 Å². The van der Waals surface area contributed by atoms with E-state index in [0.717, 1.165) is 70.8 Å². The van der Waals surface area contributed by atoms with Crippen molar-refractivity contribution in [2.45, 2.75) is 219 Å². The van der Waals surface area contributed by atoms with Crippen LogP contribution in [0.1, 0.15) is 182 Å². The number of carbonyl (C=O) groups is 8. The smallest absolute Gasteiger partial charge is 0.306 e. The molecule has 18 nitrogen and oxygen atoms in total. The van der Waals surface area contributed by atoms with Crippen LogP contribution in [-0.4, -0.2) is 120 Å². The lowest BCUT2D eigenvalue weighted by atomic mass is 9.75. The van der Waals surface area contributed by atoms with Crippen molar-refractivity contribution in [3.05, 3.63) is 0 Å². The van der Waals surface area contributed by atoms with E-state index in [2.05, 4.69) is 21.3 Å². The lowest BCUT2D eigenvalue weighted by molar-refractivity contribution is -0.144. The number of fused-ring (bicyclic) bond motifs is 1. The third-order valence-corrected chi connectivity index (χ3v) is 16.5. The summed E-state index contributed by atoms with van der Waals surface area (Å²) in [4.78, 5) is 113. The van der Waals surface area contributed by atoms with E-state index in [1.807, 2.05) is 13.8 Å². The fourth-order valence-corrected chi connectivity index (χ4v) is 12.3. The fourth-order valence-electron chi connectivity index (χ4n) is 12.3. The molecule has 2 aliphatic carbocycles. The summed E-state index contributed by atoms with van der Waals surface area (Å²) in [6.45, 7) is 11.2. The van der Waals surface area contributed by atoms with Gasteiger partial charge in [0, 0.05) is 56.0 Å². The minimum Gasteiger partial charge on any atom is -0.481 e. The molecule has 416 valence electrons. The third-order valence-electron chi connectivity index (χ3n) is 16.5. The molecule has 13 N–H and O–H groups in total. The standard InChI is InChI=1S/C55H97N9O9/c1-33(2)25-44(47(66)30-38(27-36-15-7-6-8-16-36)52(70)63-50(34(3)4)49(68)29-37(54(72)73)17-13-23-60-55(58)59)62-51(69)35(5)26-48(67)45-21-14-24-64(45)53(71)39(31-46(65)42(57)19-11-12-22-56)28-40-32-61-43-20-10-9-18-41(40)43/h33-45,50,55,60-61H,6-32,56-59H2,1-5H3,(H,62,69)(H,63,70)(H,72,73). The average molecular weight is 1030 g/mol. The topological polar surface area (TPSA) is 312 Å². The molecule has 11 unspecified atom stereocenters. The molecule has 2 saturated heterocycles. The van der Waals surface area contributed by atoms with Gasteiger partial charge in [0.1, 0.15) is 12.1 Å². The Bertz CT molecular complexity index is 1810. The molecular formula is C55H97N9O9. The second-order valence-electron chi connectivity index (χ2n) is 23.3. The van der Waals surface area contributed by atoms with Gasteiger partial charge in [0.2, 0.25) is 17.7 Å². The number of likely N-dealkylation sites (tertiary alicyclic amines) is 1. The van der Waals surface area contributed by atoms with Gasteiger partial charge in [-0.1, -0.05) is 86.0 Å². The van der Waals surface area contributed by atoms with Crippen LogP contribution in [0.2, 0.25) is 0 Å². The van der Waals surface area contributed by atoms with Gasteiger partial charge in [-0.3, -0.25) is 43.7 Å². The summed E-state index contributed by atoms with van der Waals surface area (Å²) in [6, 6.07) is -2.91. The number of rotatable bonds is 34. The maximum atomic E-state index is 14.6. The van der Waals surface area contributed by atoms with Crippen LogP contribution in [0.5, 0.6) is 0 Å². The zero-order valence-electron chi connectivity index (χ0n) is 45.2. The third kappa shape index (κ3) is 20.1. The van der Waals surface area contributed by atoms with Crippen molar-refractivity contribution < 1.29 is 43.5 Å². The van der Waals surface area contributed by atoms with Gasteiger partial charge in [-0.05, 0) is 120 Å². The molecule has 11 atom stereocenters. The molecule has 2 heterocycles. The number of hydrogen-bond donors (Lipinski definition) is 9. The molecule has 0 bridgehead atoms. The average Bonchev–Trinajstić information content (AvgIpc) is 4.01. The number of amides is 3. The monoisotopic (exact) mass is 1030 g/mol. The molecule has 0 spiro atoms. The minimum atomic E-state index is -1.11. The summed E-state index contributed by atoms with van der Waals surface area (Å²) in [7, 11) is 0. The maximum absolute atomic E-state index is 14.6. The number of nitrogens with zero attached hydrogens (tertiary/aromatic N) is 1. The van der Waals surface area contributed by atoms with Crippen molar-refractivity contribution in [3.63, 3.8) is 0 Å². The number of ketones is 4. The Morgan fingerprint density at radius 1 is 0.685 bits per heavy atom. The highest BCUT2D eigenvalue weighted by molar-refractivity contribution is 5.97. The van der Waals surface area contributed by atoms with Crippen LogP contribution in [0.3, 0.4) is 0 Å². The van der Waals surface area contributed by atoms with E-state index in [1.54, 1.807) is 25.7 Å². The molecule has 0 aromatic heterocycles. The van der Waals surface area contributed by atoms with Crippen LogP contribution in [0.25, 0.3) is 0 Å².